The molecule has 4 rings (SSSR count). The maximum absolute atomic E-state index is 14.0. The van der Waals surface area contributed by atoms with Gasteiger partial charge in [-0.3, -0.25) is 4.79 Å². The van der Waals surface area contributed by atoms with Gasteiger partial charge in [-0.15, -0.1) is 11.3 Å². The van der Waals surface area contributed by atoms with Gasteiger partial charge in [-0.25, -0.2) is 23.5 Å². The summed E-state index contributed by atoms with van der Waals surface area (Å²) in [7, 11) is 0. The van der Waals surface area contributed by atoms with Crippen LogP contribution in [-0.2, 0) is 9.53 Å². The van der Waals surface area contributed by atoms with Gasteiger partial charge in [0, 0.05) is 15.8 Å². The molecule has 0 bridgehead atoms. The Balaban J connectivity index is 1.60. The van der Waals surface area contributed by atoms with Gasteiger partial charge < -0.3 is 10.1 Å². The van der Waals surface area contributed by atoms with Crippen molar-refractivity contribution in [3.8, 4) is 11.4 Å². The number of anilines is 1. The lowest BCUT2D eigenvalue weighted by Crippen LogP contribution is -2.16. The van der Waals surface area contributed by atoms with Crippen molar-refractivity contribution in [1.29, 1.82) is 0 Å². The molecule has 0 aliphatic carbocycles. The first-order valence-electron chi connectivity index (χ1n) is 10.7. The molecule has 0 aliphatic rings. The standard InChI is InChI=1S/C25H21F2N3O3S2/c1-4-33-25(32)21-13(2)14(3)35-24(21)29-20(31)12-34-23-18-11-17(27)9-10-19(18)28-22(30-23)15-5-7-16(26)8-6-15/h5-11H,4,12H2,1-3H3,(H,29,31). The van der Waals surface area contributed by atoms with Gasteiger partial charge in [0.05, 0.1) is 23.4 Å². The molecule has 0 radical (unpaired) electrons. The molecule has 6 nitrogen and oxygen atoms in total. The molecule has 180 valence electrons. The average molecular weight is 514 g/mol. The fourth-order valence-corrected chi connectivity index (χ4v) is 5.25. The van der Waals surface area contributed by atoms with E-state index in [2.05, 4.69) is 15.3 Å². The van der Waals surface area contributed by atoms with Crippen LogP contribution < -0.4 is 5.32 Å². The fourth-order valence-electron chi connectivity index (χ4n) is 3.37. The summed E-state index contributed by atoms with van der Waals surface area (Å²) in [5, 5.41) is 4.09. The van der Waals surface area contributed by atoms with Gasteiger partial charge in [-0.2, -0.15) is 0 Å². The van der Waals surface area contributed by atoms with Gasteiger partial charge in [-0.1, -0.05) is 11.8 Å². The first kappa shape index (κ1) is 24.7. The van der Waals surface area contributed by atoms with Crippen LogP contribution in [0.3, 0.4) is 0 Å². The summed E-state index contributed by atoms with van der Waals surface area (Å²) < 4.78 is 32.5. The molecule has 35 heavy (non-hydrogen) atoms. The first-order chi connectivity index (χ1) is 16.8. The molecule has 2 heterocycles. The van der Waals surface area contributed by atoms with E-state index in [1.165, 1.54) is 41.7 Å². The van der Waals surface area contributed by atoms with Crippen LogP contribution in [-0.4, -0.2) is 34.2 Å². The highest BCUT2D eigenvalue weighted by Crippen LogP contribution is 2.34. The van der Waals surface area contributed by atoms with E-state index >= 15 is 0 Å². The lowest BCUT2D eigenvalue weighted by molar-refractivity contribution is -0.113. The smallest absolute Gasteiger partial charge is 0.341 e. The van der Waals surface area contributed by atoms with Crippen molar-refractivity contribution in [2.24, 2.45) is 0 Å². The fraction of sp³-hybridized carbons (Fsp3) is 0.200. The lowest BCUT2D eigenvalue weighted by atomic mass is 10.1. The summed E-state index contributed by atoms with van der Waals surface area (Å²) >= 11 is 2.42. The van der Waals surface area contributed by atoms with Gasteiger partial charge in [0.25, 0.3) is 0 Å². The maximum atomic E-state index is 14.0. The van der Waals surface area contributed by atoms with Crippen LogP contribution in [0.4, 0.5) is 13.8 Å². The Labute approximate surface area is 208 Å². The molecule has 1 N–H and O–H groups in total. The molecule has 0 saturated heterocycles. The van der Waals surface area contributed by atoms with Crippen molar-refractivity contribution in [2.75, 3.05) is 17.7 Å². The van der Waals surface area contributed by atoms with Gasteiger partial charge in [-0.05, 0) is 68.8 Å². The summed E-state index contributed by atoms with van der Waals surface area (Å²) in [5.41, 5.74) is 2.20. The van der Waals surface area contributed by atoms with Crippen LogP contribution >= 0.6 is 23.1 Å². The summed E-state index contributed by atoms with van der Waals surface area (Å²) in [6.07, 6.45) is 0. The van der Waals surface area contributed by atoms with Crippen molar-refractivity contribution in [2.45, 2.75) is 25.8 Å². The largest absolute Gasteiger partial charge is 0.462 e. The molecule has 4 aromatic rings. The van der Waals surface area contributed by atoms with Crippen molar-refractivity contribution in [1.82, 2.24) is 9.97 Å². The Morgan fingerprint density at radius 3 is 2.49 bits per heavy atom. The number of hydrogen-bond donors (Lipinski definition) is 1. The van der Waals surface area contributed by atoms with Crippen LogP contribution in [0.25, 0.3) is 22.3 Å². The normalized spacial score (nSPS) is 11.0. The zero-order valence-electron chi connectivity index (χ0n) is 19.1. The van der Waals surface area contributed by atoms with Crippen molar-refractivity contribution < 1.29 is 23.1 Å². The molecule has 0 aliphatic heterocycles. The number of aromatic nitrogens is 2. The number of aryl methyl sites for hydroxylation is 1. The Bertz CT molecular complexity index is 1420. The van der Waals surface area contributed by atoms with Crippen LogP contribution in [0.15, 0.2) is 47.5 Å². The third-order valence-corrected chi connectivity index (χ3v) is 7.30. The Kier molecular flexibility index (Phi) is 7.42. The molecule has 0 spiro atoms. The topological polar surface area (TPSA) is 81.2 Å². The van der Waals surface area contributed by atoms with Crippen LogP contribution in [0, 0.1) is 25.5 Å². The Morgan fingerprint density at radius 1 is 1.06 bits per heavy atom. The molecule has 1 amide bonds. The minimum atomic E-state index is -0.487. The number of thiophene rings is 1. The number of nitrogens with zero attached hydrogens (tertiary/aromatic N) is 2. The molecular weight excluding hydrogens is 492 g/mol. The molecule has 0 atom stereocenters. The predicted molar refractivity (Wildman–Crippen MR) is 134 cm³/mol. The maximum Gasteiger partial charge on any atom is 0.341 e. The zero-order valence-corrected chi connectivity index (χ0v) is 20.8. The number of amides is 1. The summed E-state index contributed by atoms with van der Waals surface area (Å²) in [4.78, 5) is 35.1. The molecule has 2 aromatic heterocycles. The second-order valence-corrected chi connectivity index (χ2v) is 9.75. The van der Waals surface area contributed by atoms with E-state index in [1.807, 2.05) is 6.92 Å². The molecule has 0 saturated carbocycles. The number of rotatable bonds is 7. The minimum Gasteiger partial charge on any atom is -0.462 e. The number of nitrogens with one attached hydrogen (secondary N) is 1. The van der Waals surface area contributed by atoms with Crippen LogP contribution in [0.2, 0.25) is 0 Å². The molecule has 0 unspecified atom stereocenters. The number of ether oxygens (including phenoxy) is 1. The number of fused-ring (bicyclic) bond motifs is 1. The monoisotopic (exact) mass is 513 g/mol. The zero-order chi connectivity index (χ0) is 25.1. The lowest BCUT2D eigenvalue weighted by Gasteiger charge is -2.10. The van der Waals surface area contributed by atoms with Crippen LogP contribution in [0.1, 0.15) is 27.7 Å². The minimum absolute atomic E-state index is 0.0380. The average Bonchev–Trinajstić information content (AvgIpc) is 3.10. The number of benzene rings is 2. The summed E-state index contributed by atoms with van der Waals surface area (Å²) in [6, 6.07) is 9.86. The van der Waals surface area contributed by atoms with E-state index in [9.17, 15) is 18.4 Å². The number of esters is 1. The number of hydrogen-bond acceptors (Lipinski definition) is 7. The summed E-state index contributed by atoms with van der Waals surface area (Å²) in [5.74, 6) is -1.38. The second kappa shape index (κ2) is 10.5. The molecule has 0 fully saturated rings. The van der Waals surface area contributed by atoms with Crippen molar-refractivity contribution >= 4 is 50.9 Å². The second-order valence-electron chi connectivity index (χ2n) is 7.57. The van der Waals surface area contributed by atoms with Crippen LogP contribution in [0.5, 0.6) is 0 Å². The quantitative estimate of drug-likeness (QED) is 0.181. The number of carbonyl (C=O) groups excluding carboxylic acids is 2. The SMILES string of the molecule is CCOC(=O)c1c(NC(=O)CSc2nc(-c3ccc(F)cc3)nc3ccc(F)cc23)sc(C)c1C. The van der Waals surface area contributed by atoms with Gasteiger partial charge >= 0.3 is 5.97 Å². The highest BCUT2D eigenvalue weighted by atomic mass is 32.2. The first-order valence-corrected chi connectivity index (χ1v) is 12.5. The third kappa shape index (κ3) is 5.49. The van der Waals surface area contributed by atoms with E-state index in [1.54, 1.807) is 26.0 Å². The Morgan fingerprint density at radius 2 is 1.77 bits per heavy atom. The van der Waals surface area contributed by atoms with E-state index in [0.717, 1.165) is 22.2 Å². The van der Waals surface area contributed by atoms with E-state index in [4.69, 9.17) is 4.74 Å². The predicted octanol–water partition coefficient (Wildman–Crippen LogP) is 6.16. The van der Waals surface area contributed by atoms with Gasteiger partial charge in [0.15, 0.2) is 5.82 Å². The van der Waals surface area contributed by atoms with Crippen molar-refractivity contribution in [3.05, 3.63) is 70.1 Å². The number of thioether (sulfide) groups is 1. The van der Waals surface area contributed by atoms with Gasteiger partial charge in [0.2, 0.25) is 5.91 Å². The van der Waals surface area contributed by atoms with E-state index < -0.39 is 11.8 Å². The Hall–Kier alpha value is -3.37. The van der Waals surface area contributed by atoms with E-state index in [0.29, 0.717) is 37.9 Å². The molecular formula is C25H21F2N3O3S2. The van der Waals surface area contributed by atoms with Crippen molar-refractivity contribution in [3.63, 3.8) is 0 Å². The number of halogens is 2. The number of carbonyl (C=O) groups is 2. The highest BCUT2D eigenvalue weighted by Gasteiger charge is 2.22. The third-order valence-electron chi connectivity index (χ3n) is 5.18. The highest BCUT2D eigenvalue weighted by molar-refractivity contribution is 8.00. The van der Waals surface area contributed by atoms with Gasteiger partial charge in [0.1, 0.15) is 21.7 Å². The molecule has 10 heteroatoms. The van der Waals surface area contributed by atoms with E-state index in [-0.39, 0.29) is 24.1 Å². The summed E-state index contributed by atoms with van der Waals surface area (Å²) in [6.45, 7) is 5.62. The molecule has 2 aromatic carbocycles.